The first-order valence-electron chi connectivity index (χ1n) is 13.2. The number of nitrogens with one attached hydrogen (secondary N) is 2. The van der Waals surface area contributed by atoms with Crippen molar-refractivity contribution in [3.05, 3.63) is 126 Å². The predicted molar refractivity (Wildman–Crippen MR) is 160 cm³/mol. The highest BCUT2D eigenvalue weighted by Crippen LogP contribution is 2.22. The van der Waals surface area contributed by atoms with Crippen LogP contribution < -0.4 is 15.4 Å². The zero-order valence-corrected chi connectivity index (χ0v) is 22.2. The maximum atomic E-state index is 13.4. The topological polar surface area (TPSA) is 81.1 Å². The average Bonchev–Trinajstić information content (AvgIpc) is 3.42. The van der Waals surface area contributed by atoms with Crippen molar-refractivity contribution in [3.63, 3.8) is 0 Å². The van der Waals surface area contributed by atoms with E-state index in [4.69, 9.17) is 4.74 Å². The molecule has 1 aromatic heterocycles. The molecule has 40 heavy (non-hydrogen) atoms. The molecule has 198 valence electrons. The number of ether oxygens (including phenoxy) is 1. The lowest BCUT2D eigenvalue weighted by Gasteiger charge is -2.10. The SMILES string of the molecule is COc1ccc(CC(=O)n2nc(NCc3cccc4ccccc34)nc2NCc2cccc3ccccc23)cc1. The van der Waals surface area contributed by atoms with E-state index in [-0.39, 0.29) is 12.3 Å². The first-order chi connectivity index (χ1) is 19.7. The van der Waals surface area contributed by atoms with Gasteiger partial charge in [-0.15, -0.1) is 5.10 Å². The molecule has 0 aliphatic carbocycles. The number of fused-ring (bicyclic) bond motifs is 2. The van der Waals surface area contributed by atoms with E-state index in [0.717, 1.165) is 33.2 Å². The number of carbonyl (C=O) groups excluding carboxylic acids is 1. The zero-order chi connectivity index (χ0) is 27.3. The van der Waals surface area contributed by atoms with Crippen molar-refractivity contribution in [1.82, 2.24) is 14.8 Å². The van der Waals surface area contributed by atoms with Gasteiger partial charge in [0.15, 0.2) is 0 Å². The largest absolute Gasteiger partial charge is 0.497 e. The van der Waals surface area contributed by atoms with Gasteiger partial charge < -0.3 is 15.4 Å². The second-order valence-electron chi connectivity index (χ2n) is 9.57. The van der Waals surface area contributed by atoms with E-state index in [1.807, 2.05) is 60.7 Å². The fourth-order valence-corrected chi connectivity index (χ4v) is 4.91. The lowest BCUT2D eigenvalue weighted by molar-refractivity contribution is 0.0901. The molecule has 0 spiro atoms. The normalized spacial score (nSPS) is 11.0. The monoisotopic (exact) mass is 527 g/mol. The van der Waals surface area contributed by atoms with Gasteiger partial charge >= 0.3 is 0 Å². The van der Waals surface area contributed by atoms with Crippen molar-refractivity contribution >= 4 is 39.3 Å². The summed E-state index contributed by atoms with van der Waals surface area (Å²) >= 11 is 0. The smallest absolute Gasteiger partial charge is 0.254 e. The Bertz CT molecular complexity index is 1780. The summed E-state index contributed by atoms with van der Waals surface area (Å²) in [7, 11) is 1.62. The Morgan fingerprint density at radius 2 is 1.30 bits per heavy atom. The van der Waals surface area contributed by atoms with Crippen LogP contribution >= 0.6 is 0 Å². The number of hydrogen-bond donors (Lipinski definition) is 2. The van der Waals surface area contributed by atoms with Crippen LogP contribution in [0.4, 0.5) is 11.9 Å². The van der Waals surface area contributed by atoms with Crippen LogP contribution in [0, 0.1) is 0 Å². The summed E-state index contributed by atoms with van der Waals surface area (Å²) in [4.78, 5) is 18.1. The van der Waals surface area contributed by atoms with Gasteiger partial charge in [0.05, 0.1) is 13.5 Å². The van der Waals surface area contributed by atoms with Crippen LogP contribution in [0.1, 0.15) is 21.5 Å². The van der Waals surface area contributed by atoms with Gasteiger partial charge in [0.1, 0.15) is 5.75 Å². The Balaban J connectivity index is 1.26. The molecule has 2 N–H and O–H groups in total. The van der Waals surface area contributed by atoms with Crippen molar-refractivity contribution in [1.29, 1.82) is 0 Å². The summed E-state index contributed by atoms with van der Waals surface area (Å²) in [5.41, 5.74) is 3.11. The van der Waals surface area contributed by atoms with Crippen molar-refractivity contribution in [2.24, 2.45) is 0 Å². The van der Waals surface area contributed by atoms with Gasteiger partial charge in [0.2, 0.25) is 11.9 Å². The standard InChI is InChI=1S/C33H29N5O2/c1-40-28-18-16-23(17-19-28)20-31(39)38-33(35-22-27-13-7-11-25-9-3-5-15-30(25)27)36-32(37-38)34-21-26-12-6-10-24-8-2-4-14-29(24)26/h2-19H,20-22H2,1H3,(H2,34,35,36,37). The van der Waals surface area contributed by atoms with Crippen LogP contribution in [0.5, 0.6) is 5.75 Å². The molecule has 0 saturated heterocycles. The van der Waals surface area contributed by atoms with Crippen molar-refractivity contribution in [2.45, 2.75) is 19.5 Å². The van der Waals surface area contributed by atoms with Crippen LogP contribution in [-0.4, -0.2) is 27.8 Å². The van der Waals surface area contributed by atoms with Gasteiger partial charge in [-0.2, -0.15) is 9.67 Å². The number of rotatable bonds is 9. The number of carbonyl (C=O) groups is 1. The maximum absolute atomic E-state index is 13.4. The summed E-state index contributed by atoms with van der Waals surface area (Å²) in [5, 5.41) is 15.9. The van der Waals surface area contributed by atoms with E-state index in [0.29, 0.717) is 25.0 Å². The third-order valence-electron chi connectivity index (χ3n) is 6.99. The molecule has 0 aliphatic rings. The van der Waals surface area contributed by atoms with Crippen molar-refractivity contribution in [3.8, 4) is 5.75 Å². The molecule has 0 bridgehead atoms. The fourth-order valence-electron chi connectivity index (χ4n) is 4.91. The molecule has 6 aromatic rings. The number of hydrogen-bond acceptors (Lipinski definition) is 6. The van der Waals surface area contributed by atoms with Gasteiger partial charge in [-0.25, -0.2) is 0 Å². The minimum absolute atomic E-state index is 0.180. The molecule has 0 atom stereocenters. The highest BCUT2D eigenvalue weighted by atomic mass is 16.5. The van der Waals surface area contributed by atoms with Gasteiger partial charge in [-0.05, 0) is 50.4 Å². The second kappa shape index (κ2) is 11.3. The fraction of sp³-hybridized carbons (Fsp3) is 0.121. The quantitative estimate of drug-likeness (QED) is 0.218. The Morgan fingerprint density at radius 3 is 1.93 bits per heavy atom. The average molecular weight is 528 g/mol. The number of aromatic nitrogens is 3. The van der Waals surface area contributed by atoms with Crippen LogP contribution in [-0.2, 0) is 19.5 Å². The summed E-state index contributed by atoms with van der Waals surface area (Å²) in [6.45, 7) is 1.03. The van der Waals surface area contributed by atoms with E-state index in [2.05, 4.69) is 69.2 Å². The molecule has 6 rings (SSSR count). The van der Waals surface area contributed by atoms with Crippen molar-refractivity contribution in [2.75, 3.05) is 17.7 Å². The molecule has 5 aromatic carbocycles. The minimum Gasteiger partial charge on any atom is -0.497 e. The summed E-state index contributed by atoms with van der Waals surface area (Å²) in [6.07, 6.45) is 0.180. The third kappa shape index (κ3) is 5.35. The van der Waals surface area contributed by atoms with Crippen LogP contribution in [0.2, 0.25) is 0 Å². The van der Waals surface area contributed by atoms with Gasteiger partial charge in [-0.1, -0.05) is 97.1 Å². The zero-order valence-electron chi connectivity index (χ0n) is 22.2. The lowest BCUT2D eigenvalue weighted by Crippen LogP contribution is -2.18. The number of anilines is 2. The Hall–Kier alpha value is -5.17. The molecule has 0 radical (unpaired) electrons. The molecule has 0 aliphatic heterocycles. The number of nitrogens with zero attached hydrogens (tertiary/aromatic N) is 3. The molecule has 7 nitrogen and oxygen atoms in total. The Labute approximate surface area is 232 Å². The highest BCUT2D eigenvalue weighted by Gasteiger charge is 2.17. The molecule has 0 amide bonds. The Kier molecular flexibility index (Phi) is 7.09. The van der Waals surface area contributed by atoms with Crippen LogP contribution in [0.15, 0.2) is 109 Å². The van der Waals surface area contributed by atoms with Crippen molar-refractivity contribution < 1.29 is 9.53 Å². The summed E-state index contributed by atoms with van der Waals surface area (Å²) in [6, 6.07) is 36.4. The van der Waals surface area contributed by atoms with E-state index in [1.165, 1.54) is 15.5 Å². The number of benzene rings is 5. The second-order valence-corrected chi connectivity index (χ2v) is 9.57. The highest BCUT2D eigenvalue weighted by molar-refractivity contribution is 5.87. The minimum atomic E-state index is -0.184. The van der Waals surface area contributed by atoms with Gasteiger partial charge in [-0.3, -0.25) is 4.79 Å². The molecule has 7 heteroatoms. The lowest BCUT2D eigenvalue weighted by atomic mass is 10.0. The van der Waals surface area contributed by atoms with Gasteiger partial charge in [0, 0.05) is 13.1 Å². The molecular weight excluding hydrogens is 498 g/mol. The predicted octanol–water partition coefficient (Wildman–Crippen LogP) is 6.70. The van der Waals surface area contributed by atoms with E-state index >= 15 is 0 Å². The molecular formula is C33H29N5O2. The third-order valence-corrected chi connectivity index (χ3v) is 6.99. The first kappa shape index (κ1) is 25.1. The molecule has 0 saturated carbocycles. The Morgan fingerprint density at radius 1 is 0.725 bits per heavy atom. The maximum Gasteiger partial charge on any atom is 0.254 e. The van der Waals surface area contributed by atoms with E-state index in [1.54, 1.807) is 7.11 Å². The van der Waals surface area contributed by atoms with Crippen LogP contribution in [0.3, 0.4) is 0 Å². The summed E-state index contributed by atoms with van der Waals surface area (Å²) in [5.74, 6) is 1.34. The summed E-state index contributed by atoms with van der Waals surface area (Å²) < 4.78 is 6.61. The first-order valence-corrected chi connectivity index (χ1v) is 13.2. The van der Waals surface area contributed by atoms with E-state index in [9.17, 15) is 4.79 Å². The molecule has 1 heterocycles. The van der Waals surface area contributed by atoms with E-state index < -0.39 is 0 Å². The molecule has 0 unspecified atom stereocenters. The van der Waals surface area contributed by atoms with Crippen LogP contribution in [0.25, 0.3) is 21.5 Å². The molecule has 0 fully saturated rings. The van der Waals surface area contributed by atoms with Gasteiger partial charge in [0.25, 0.3) is 5.91 Å². The number of methoxy groups -OCH3 is 1.